The van der Waals surface area contributed by atoms with E-state index in [1.54, 1.807) is 4.52 Å². The number of carbonyl (C=O) groups excluding carboxylic acids is 1. The molecule has 1 aliphatic carbocycles. The number of aromatic nitrogens is 4. The molecule has 164 valence electrons. The summed E-state index contributed by atoms with van der Waals surface area (Å²) in [5.41, 5.74) is 2.78. The average molecular weight is 433 g/mol. The van der Waals surface area contributed by atoms with Crippen LogP contribution in [0.4, 0.5) is 0 Å². The van der Waals surface area contributed by atoms with Gasteiger partial charge in [-0.2, -0.15) is 4.98 Å². The zero-order valence-electron chi connectivity index (χ0n) is 18.2. The standard InChI is InChI=1S/C21H32N6O2S/c1-15-17(16(2)27-19(23-15)24-20(25-27)30-3)13-18(28)22-14-21(7-5-4-6-8-21)26-9-11-29-12-10-26/h4-14H2,1-3H3,(H,22,28). The van der Waals surface area contributed by atoms with Crippen molar-refractivity contribution in [1.82, 2.24) is 29.8 Å². The molecule has 0 radical (unpaired) electrons. The number of ether oxygens (including phenoxy) is 1. The summed E-state index contributed by atoms with van der Waals surface area (Å²) in [6.07, 6.45) is 8.31. The molecule has 1 aliphatic heterocycles. The number of rotatable bonds is 6. The lowest BCUT2D eigenvalue weighted by atomic mass is 9.79. The molecule has 0 atom stereocenters. The number of carbonyl (C=O) groups is 1. The van der Waals surface area contributed by atoms with Crippen LogP contribution in [0.5, 0.6) is 0 Å². The molecule has 4 rings (SSSR count). The zero-order chi connectivity index (χ0) is 21.1. The van der Waals surface area contributed by atoms with Crippen molar-refractivity contribution in [2.24, 2.45) is 0 Å². The molecule has 1 saturated carbocycles. The SMILES string of the molecule is CSc1nc2nc(C)c(CC(=O)NCC3(N4CCOCC4)CCCCC3)c(C)n2n1. The molecule has 1 N–H and O–H groups in total. The molecule has 2 aromatic heterocycles. The van der Waals surface area contributed by atoms with Gasteiger partial charge < -0.3 is 10.1 Å². The summed E-state index contributed by atoms with van der Waals surface area (Å²) in [6.45, 7) is 8.13. The van der Waals surface area contributed by atoms with E-state index in [1.165, 1.54) is 31.0 Å². The molecular formula is C21H32N6O2S. The Balaban J connectivity index is 1.47. The van der Waals surface area contributed by atoms with Crippen LogP contribution in [0.25, 0.3) is 5.78 Å². The van der Waals surface area contributed by atoms with E-state index in [1.807, 2.05) is 20.1 Å². The topological polar surface area (TPSA) is 84.7 Å². The Kier molecular flexibility index (Phi) is 6.60. The van der Waals surface area contributed by atoms with E-state index in [2.05, 4.69) is 25.3 Å². The number of fused-ring (bicyclic) bond motifs is 1. The highest BCUT2D eigenvalue weighted by atomic mass is 32.2. The maximum atomic E-state index is 13.0. The van der Waals surface area contributed by atoms with Crippen molar-refractivity contribution in [3.05, 3.63) is 17.0 Å². The van der Waals surface area contributed by atoms with Crippen molar-refractivity contribution >= 4 is 23.4 Å². The lowest BCUT2D eigenvalue weighted by molar-refractivity contribution is -0.121. The molecule has 30 heavy (non-hydrogen) atoms. The minimum Gasteiger partial charge on any atom is -0.379 e. The molecule has 2 fully saturated rings. The first-order valence-corrected chi connectivity index (χ1v) is 12.1. The van der Waals surface area contributed by atoms with Crippen LogP contribution in [0, 0.1) is 13.8 Å². The van der Waals surface area contributed by atoms with Crippen molar-refractivity contribution in [3.63, 3.8) is 0 Å². The van der Waals surface area contributed by atoms with Crippen LogP contribution < -0.4 is 5.32 Å². The first kappa shape index (κ1) is 21.5. The third-order valence-corrected chi connectivity index (χ3v) is 7.17. The van der Waals surface area contributed by atoms with Gasteiger partial charge in [0.05, 0.1) is 19.6 Å². The minimum absolute atomic E-state index is 0.0470. The lowest BCUT2D eigenvalue weighted by Gasteiger charge is -2.48. The number of amides is 1. The van der Waals surface area contributed by atoms with Crippen LogP contribution in [0.3, 0.4) is 0 Å². The van der Waals surface area contributed by atoms with E-state index >= 15 is 0 Å². The molecule has 0 aromatic carbocycles. The first-order valence-electron chi connectivity index (χ1n) is 10.9. The van der Waals surface area contributed by atoms with Gasteiger partial charge in [-0.3, -0.25) is 9.69 Å². The fourth-order valence-electron chi connectivity index (χ4n) is 4.87. The number of nitrogens with one attached hydrogen (secondary N) is 1. The monoisotopic (exact) mass is 432 g/mol. The molecule has 2 aromatic rings. The van der Waals surface area contributed by atoms with Gasteiger partial charge in [0, 0.05) is 42.1 Å². The number of thioether (sulfide) groups is 1. The van der Waals surface area contributed by atoms with Gasteiger partial charge in [-0.25, -0.2) is 9.50 Å². The van der Waals surface area contributed by atoms with Crippen molar-refractivity contribution in [1.29, 1.82) is 0 Å². The average Bonchev–Trinajstić information content (AvgIpc) is 3.20. The fourth-order valence-corrected chi connectivity index (χ4v) is 5.21. The minimum atomic E-state index is 0.0470. The Morgan fingerprint density at radius 2 is 1.90 bits per heavy atom. The number of morpholine rings is 1. The summed E-state index contributed by atoms with van der Waals surface area (Å²) in [5.74, 6) is 0.637. The predicted octanol–water partition coefficient (Wildman–Crippen LogP) is 2.16. The highest BCUT2D eigenvalue weighted by Gasteiger charge is 2.38. The Morgan fingerprint density at radius 1 is 1.17 bits per heavy atom. The van der Waals surface area contributed by atoms with Gasteiger partial charge in [-0.1, -0.05) is 31.0 Å². The third-order valence-electron chi connectivity index (χ3n) is 6.63. The Labute approximate surface area is 182 Å². The smallest absolute Gasteiger partial charge is 0.253 e. The van der Waals surface area contributed by atoms with Crippen molar-refractivity contribution in [2.45, 2.75) is 63.1 Å². The highest BCUT2D eigenvalue weighted by molar-refractivity contribution is 7.98. The number of hydrogen-bond acceptors (Lipinski definition) is 7. The summed E-state index contributed by atoms with van der Waals surface area (Å²) in [6, 6.07) is 0. The van der Waals surface area contributed by atoms with Gasteiger partial charge in [0.1, 0.15) is 0 Å². The lowest BCUT2D eigenvalue weighted by Crippen LogP contribution is -2.59. The van der Waals surface area contributed by atoms with E-state index in [-0.39, 0.29) is 11.4 Å². The van der Waals surface area contributed by atoms with Gasteiger partial charge >= 0.3 is 0 Å². The van der Waals surface area contributed by atoms with E-state index in [0.29, 0.717) is 23.9 Å². The number of aryl methyl sites for hydroxylation is 2. The van der Waals surface area contributed by atoms with Crippen molar-refractivity contribution < 1.29 is 9.53 Å². The summed E-state index contributed by atoms with van der Waals surface area (Å²) < 4.78 is 7.31. The quantitative estimate of drug-likeness (QED) is 0.700. The summed E-state index contributed by atoms with van der Waals surface area (Å²) in [5, 5.41) is 8.44. The van der Waals surface area contributed by atoms with E-state index in [9.17, 15) is 4.79 Å². The molecule has 9 heteroatoms. The van der Waals surface area contributed by atoms with Gasteiger partial charge in [0.25, 0.3) is 5.78 Å². The van der Waals surface area contributed by atoms with Gasteiger partial charge in [0.2, 0.25) is 11.1 Å². The van der Waals surface area contributed by atoms with Gasteiger partial charge in [-0.15, -0.1) is 5.10 Å². The summed E-state index contributed by atoms with van der Waals surface area (Å²) >= 11 is 1.49. The Bertz CT molecular complexity index is 903. The Morgan fingerprint density at radius 3 is 2.60 bits per heavy atom. The van der Waals surface area contributed by atoms with Crippen LogP contribution in [0.2, 0.25) is 0 Å². The van der Waals surface area contributed by atoms with E-state index in [4.69, 9.17) is 4.74 Å². The molecule has 2 aliphatic rings. The second-order valence-corrected chi connectivity index (χ2v) is 9.18. The molecule has 1 saturated heterocycles. The molecule has 0 unspecified atom stereocenters. The predicted molar refractivity (Wildman–Crippen MR) is 117 cm³/mol. The van der Waals surface area contributed by atoms with Gasteiger partial charge in [0.15, 0.2) is 0 Å². The molecule has 0 bridgehead atoms. The molecule has 1 amide bonds. The zero-order valence-corrected chi connectivity index (χ0v) is 19.1. The molecule has 3 heterocycles. The van der Waals surface area contributed by atoms with E-state index < -0.39 is 0 Å². The maximum absolute atomic E-state index is 13.0. The first-order chi connectivity index (χ1) is 14.5. The third kappa shape index (κ3) is 4.33. The van der Waals surface area contributed by atoms with Gasteiger partial charge in [-0.05, 0) is 32.9 Å². The van der Waals surface area contributed by atoms with Crippen LogP contribution in [0.15, 0.2) is 5.16 Å². The molecule has 0 spiro atoms. The highest BCUT2D eigenvalue weighted by Crippen LogP contribution is 2.34. The second-order valence-electron chi connectivity index (χ2n) is 8.41. The maximum Gasteiger partial charge on any atom is 0.253 e. The largest absolute Gasteiger partial charge is 0.379 e. The summed E-state index contributed by atoms with van der Waals surface area (Å²) in [4.78, 5) is 24.5. The number of hydrogen-bond donors (Lipinski definition) is 1. The van der Waals surface area contributed by atoms with Crippen LogP contribution in [0.1, 0.15) is 49.1 Å². The Hall–Kier alpha value is -1.71. The summed E-state index contributed by atoms with van der Waals surface area (Å²) in [7, 11) is 0. The second kappa shape index (κ2) is 9.20. The number of nitrogens with zero attached hydrogens (tertiary/aromatic N) is 5. The van der Waals surface area contributed by atoms with Crippen LogP contribution >= 0.6 is 11.8 Å². The van der Waals surface area contributed by atoms with Crippen molar-refractivity contribution in [2.75, 3.05) is 39.1 Å². The normalized spacial score (nSPS) is 19.8. The molecule has 8 nitrogen and oxygen atoms in total. The van der Waals surface area contributed by atoms with Crippen LogP contribution in [-0.4, -0.2) is 75.0 Å². The van der Waals surface area contributed by atoms with Crippen molar-refractivity contribution in [3.8, 4) is 0 Å². The van der Waals surface area contributed by atoms with E-state index in [0.717, 1.165) is 56.1 Å². The fraction of sp³-hybridized carbons (Fsp3) is 0.714. The molecular weight excluding hydrogens is 400 g/mol. The van der Waals surface area contributed by atoms with Crippen LogP contribution in [-0.2, 0) is 16.0 Å².